The van der Waals surface area contributed by atoms with E-state index in [1.807, 2.05) is 6.55 Å². The van der Waals surface area contributed by atoms with Gasteiger partial charge in [-0.2, -0.15) is 0 Å². The monoisotopic (exact) mass is 268 g/mol. The normalized spacial score (nSPS) is 22.1. The van der Waals surface area contributed by atoms with Gasteiger partial charge in [0.25, 0.3) is 0 Å². The first kappa shape index (κ1) is 14.4. The van der Waals surface area contributed by atoms with E-state index in [2.05, 4.69) is 0 Å². The van der Waals surface area contributed by atoms with Crippen molar-refractivity contribution in [2.24, 2.45) is 0 Å². The molecule has 0 aromatic rings. The fraction of sp³-hybridized carbons (Fsp3) is 1.00. The lowest BCUT2D eigenvalue weighted by Gasteiger charge is -2.22. The first-order chi connectivity index (χ1) is 7.59. The summed E-state index contributed by atoms with van der Waals surface area (Å²) in [7, 11) is 0.874. The fourth-order valence-electron chi connectivity index (χ4n) is 1.37. The number of hydrogen-bond acceptors (Lipinski definition) is 4. The van der Waals surface area contributed by atoms with Gasteiger partial charge in [-0.15, -0.1) is 11.6 Å². The molecule has 0 saturated carbocycles. The maximum atomic E-state index is 6.15. The molecule has 2 unspecified atom stereocenters. The minimum atomic E-state index is -2.36. The van der Waals surface area contributed by atoms with E-state index >= 15 is 0 Å². The topological polar surface area (TPSA) is 40.2 Å². The molecule has 1 heterocycles. The molecule has 96 valence electrons. The quantitative estimate of drug-likeness (QED) is 0.278. The second kappa shape index (κ2) is 6.93. The van der Waals surface area contributed by atoms with E-state index in [9.17, 15) is 0 Å². The average Bonchev–Trinajstić information content (AvgIpc) is 3.08. The highest BCUT2D eigenvalue weighted by Gasteiger charge is 2.31. The Hall–Kier alpha value is 0.347. The molecule has 0 aromatic carbocycles. The van der Waals surface area contributed by atoms with Crippen LogP contribution in [0.3, 0.4) is 0 Å². The third-order valence-corrected chi connectivity index (χ3v) is 5.30. The molecule has 0 aromatic heterocycles. The van der Waals surface area contributed by atoms with Crippen LogP contribution in [0.4, 0.5) is 0 Å². The van der Waals surface area contributed by atoms with Crippen molar-refractivity contribution < 1.29 is 18.0 Å². The largest absolute Gasteiger partial charge is 0.497 e. The van der Waals surface area contributed by atoms with E-state index in [1.165, 1.54) is 0 Å². The summed E-state index contributed by atoms with van der Waals surface area (Å²) < 4.78 is 21.1. The van der Waals surface area contributed by atoms with Crippen molar-refractivity contribution in [3.05, 3.63) is 0 Å². The zero-order valence-electron chi connectivity index (χ0n) is 10.2. The number of epoxide rings is 1. The molecule has 16 heavy (non-hydrogen) atoms. The van der Waals surface area contributed by atoms with E-state index in [4.69, 9.17) is 29.6 Å². The Bertz CT molecular complexity index is 197. The predicted molar refractivity (Wildman–Crippen MR) is 64.8 cm³/mol. The van der Waals surface area contributed by atoms with Gasteiger partial charge in [-0.25, -0.2) is 0 Å². The van der Waals surface area contributed by atoms with Crippen molar-refractivity contribution >= 4 is 20.4 Å². The Morgan fingerprint density at radius 3 is 2.56 bits per heavy atom. The van der Waals surface area contributed by atoms with Crippen LogP contribution in [0.25, 0.3) is 0 Å². The van der Waals surface area contributed by atoms with Gasteiger partial charge in [-0.3, -0.25) is 0 Å². The van der Waals surface area contributed by atoms with E-state index in [-0.39, 0.29) is 5.38 Å². The molecule has 1 fully saturated rings. The molecule has 0 spiro atoms. The van der Waals surface area contributed by atoms with Gasteiger partial charge in [-0.1, -0.05) is 0 Å². The number of rotatable bonds is 9. The molecular weight excluding hydrogens is 248 g/mol. The van der Waals surface area contributed by atoms with Gasteiger partial charge >= 0.3 is 8.80 Å². The summed E-state index contributed by atoms with van der Waals surface area (Å²) in [5.74, 6) is 0. The Labute approximate surface area is 104 Å². The summed E-state index contributed by atoms with van der Waals surface area (Å²) in [6.07, 6.45) is 3.22. The second-order valence-electron chi connectivity index (χ2n) is 4.05. The van der Waals surface area contributed by atoms with Crippen LogP contribution in [-0.4, -0.2) is 47.7 Å². The van der Waals surface area contributed by atoms with E-state index in [0.29, 0.717) is 12.7 Å². The molecule has 0 N–H and O–H groups in total. The van der Waals surface area contributed by atoms with Crippen molar-refractivity contribution in [1.29, 1.82) is 0 Å². The summed E-state index contributed by atoms with van der Waals surface area (Å²) >= 11 is 6.15. The molecule has 4 nitrogen and oxygen atoms in total. The molecule has 0 radical (unpaired) electrons. The highest BCUT2D eigenvalue weighted by molar-refractivity contribution is 6.59. The van der Waals surface area contributed by atoms with Crippen molar-refractivity contribution in [2.75, 3.05) is 27.4 Å². The molecule has 6 heteroatoms. The van der Waals surface area contributed by atoms with Crippen LogP contribution in [0, 0.1) is 0 Å². The van der Waals surface area contributed by atoms with E-state index in [1.54, 1.807) is 14.2 Å². The lowest BCUT2D eigenvalue weighted by molar-refractivity contribution is 0.104. The molecule has 1 aliphatic rings. The van der Waals surface area contributed by atoms with Crippen LogP contribution >= 0.6 is 11.6 Å². The summed E-state index contributed by atoms with van der Waals surface area (Å²) in [4.78, 5) is 0. The number of ether oxygens (including phenoxy) is 1. The third kappa shape index (κ3) is 5.61. The second-order valence-corrected chi connectivity index (χ2v) is 7.50. The standard InChI is InChI=1S/C10H21ClO4Si/c1-12-16(3,13-2)15-6-4-5-9(11)7-10-8-14-10/h9-10H,4-8H2,1-3H3. The highest BCUT2D eigenvalue weighted by Crippen LogP contribution is 2.21. The van der Waals surface area contributed by atoms with Crippen molar-refractivity contribution in [2.45, 2.75) is 37.3 Å². The predicted octanol–water partition coefficient (Wildman–Crippen LogP) is 2.04. The Morgan fingerprint density at radius 2 is 2.06 bits per heavy atom. The summed E-state index contributed by atoms with van der Waals surface area (Å²) in [5, 5.41) is 0.189. The smallest absolute Gasteiger partial charge is 0.377 e. The van der Waals surface area contributed by atoms with Gasteiger partial charge in [0.1, 0.15) is 0 Å². The summed E-state index contributed by atoms with van der Waals surface area (Å²) in [5.41, 5.74) is 0. The highest BCUT2D eigenvalue weighted by atomic mass is 35.5. The first-order valence-corrected chi connectivity index (χ1v) is 8.25. The van der Waals surface area contributed by atoms with Crippen molar-refractivity contribution in [3.8, 4) is 0 Å². The van der Waals surface area contributed by atoms with Crippen molar-refractivity contribution in [1.82, 2.24) is 0 Å². The van der Waals surface area contributed by atoms with Crippen LogP contribution < -0.4 is 0 Å². The SMILES string of the molecule is CO[Si](C)(OC)OCCCC(Cl)CC1CO1. The first-order valence-electron chi connectivity index (χ1n) is 5.59. The summed E-state index contributed by atoms with van der Waals surface area (Å²) in [6, 6.07) is 0. The van der Waals surface area contributed by atoms with Gasteiger partial charge in [-0.05, 0) is 19.3 Å². The maximum absolute atomic E-state index is 6.15. The number of alkyl halides is 1. The molecule has 1 rings (SSSR count). The van der Waals surface area contributed by atoms with E-state index in [0.717, 1.165) is 25.9 Å². The minimum Gasteiger partial charge on any atom is -0.377 e. The lowest BCUT2D eigenvalue weighted by Crippen LogP contribution is -2.40. The van der Waals surface area contributed by atoms with Gasteiger partial charge in [0, 0.05) is 32.8 Å². The molecule has 2 atom stereocenters. The summed E-state index contributed by atoms with van der Waals surface area (Å²) in [6.45, 7) is 3.39. The zero-order valence-corrected chi connectivity index (χ0v) is 12.0. The third-order valence-electron chi connectivity index (χ3n) is 2.69. The van der Waals surface area contributed by atoms with Gasteiger partial charge in [0.2, 0.25) is 0 Å². The molecule has 1 saturated heterocycles. The molecular formula is C10H21ClO4Si. The van der Waals surface area contributed by atoms with Crippen LogP contribution in [-0.2, 0) is 18.0 Å². The number of hydrogen-bond donors (Lipinski definition) is 0. The van der Waals surface area contributed by atoms with Crippen LogP contribution in [0.1, 0.15) is 19.3 Å². The van der Waals surface area contributed by atoms with Crippen LogP contribution in [0.5, 0.6) is 0 Å². The van der Waals surface area contributed by atoms with E-state index < -0.39 is 8.80 Å². The van der Waals surface area contributed by atoms with Gasteiger partial charge < -0.3 is 18.0 Å². The zero-order chi connectivity index (χ0) is 12.0. The minimum absolute atomic E-state index is 0.189. The molecule has 1 aliphatic heterocycles. The molecule has 0 aliphatic carbocycles. The Morgan fingerprint density at radius 1 is 1.44 bits per heavy atom. The number of halogens is 1. The van der Waals surface area contributed by atoms with Crippen LogP contribution in [0.15, 0.2) is 0 Å². The fourth-order valence-corrected chi connectivity index (χ4v) is 2.64. The maximum Gasteiger partial charge on any atom is 0.497 e. The lowest BCUT2D eigenvalue weighted by atomic mass is 10.1. The van der Waals surface area contributed by atoms with Crippen molar-refractivity contribution in [3.63, 3.8) is 0 Å². The van der Waals surface area contributed by atoms with Crippen LogP contribution in [0.2, 0.25) is 6.55 Å². The average molecular weight is 269 g/mol. The van der Waals surface area contributed by atoms with Gasteiger partial charge in [0.15, 0.2) is 0 Å². The molecule has 0 bridgehead atoms. The Balaban J connectivity index is 2.01. The van der Waals surface area contributed by atoms with Gasteiger partial charge in [0.05, 0.1) is 12.7 Å². The molecule has 0 amide bonds. The Kier molecular flexibility index (Phi) is 6.24.